The van der Waals surface area contributed by atoms with Gasteiger partial charge in [0.05, 0.1) is 0 Å². The fourth-order valence-electron chi connectivity index (χ4n) is 4.22. The Labute approximate surface area is 171 Å². The Bertz CT molecular complexity index is 804. The minimum Gasteiger partial charge on any atom is -0.427 e. The van der Waals surface area contributed by atoms with Crippen molar-refractivity contribution in [1.82, 2.24) is 0 Å². The standard InChI is InChI=1S/C21H29BFNO2.CO2/c23-20-11-10-16(18-5-1-2-6-19(18)20)9-8-15-13-17(14-15)21(24)7-3-4-12-22(25)26;2-1-3/h1-2,5-6,10-11,15,17,21,25-26H,3-4,7-9,12-14,24H2;. The molecule has 1 saturated carbocycles. The normalized spacial score (nSPS) is 18.9. The lowest BCUT2D eigenvalue weighted by Gasteiger charge is -2.39. The van der Waals surface area contributed by atoms with E-state index in [2.05, 4.69) is 0 Å². The molecule has 0 amide bonds. The highest BCUT2D eigenvalue weighted by Crippen LogP contribution is 2.40. The van der Waals surface area contributed by atoms with Crippen molar-refractivity contribution in [2.45, 2.75) is 57.3 Å². The summed E-state index contributed by atoms with van der Waals surface area (Å²) in [6.07, 6.45) is 7.92. The van der Waals surface area contributed by atoms with Crippen molar-refractivity contribution in [3.05, 3.63) is 47.8 Å². The third-order valence-corrected chi connectivity index (χ3v) is 5.91. The molecule has 1 atom stereocenters. The first-order valence-corrected chi connectivity index (χ1v) is 10.2. The van der Waals surface area contributed by atoms with Crippen LogP contribution in [-0.2, 0) is 16.0 Å². The molecule has 0 radical (unpaired) electrons. The zero-order valence-electron chi connectivity index (χ0n) is 16.6. The molecule has 4 N–H and O–H groups in total. The van der Waals surface area contributed by atoms with Gasteiger partial charge in [0, 0.05) is 11.4 Å². The molecule has 1 aliphatic rings. The molecular formula is C22H29BFNO4. The van der Waals surface area contributed by atoms with Crippen molar-refractivity contribution in [2.75, 3.05) is 0 Å². The van der Waals surface area contributed by atoms with Gasteiger partial charge in [0.15, 0.2) is 0 Å². The van der Waals surface area contributed by atoms with E-state index in [4.69, 9.17) is 25.4 Å². The molecule has 29 heavy (non-hydrogen) atoms. The van der Waals surface area contributed by atoms with E-state index < -0.39 is 7.12 Å². The molecular weight excluding hydrogens is 372 g/mol. The van der Waals surface area contributed by atoms with Crippen LogP contribution in [-0.4, -0.2) is 29.4 Å². The van der Waals surface area contributed by atoms with Crippen LogP contribution in [0.5, 0.6) is 0 Å². The predicted molar refractivity (Wildman–Crippen MR) is 110 cm³/mol. The van der Waals surface area contributed by atoms with Gasteiger partial charge in [-0.1, -0.05) is 43.2 Å². The molecule has 7 heteroatoms. The lowest BCUT2D eigenvalue weighted by Crippen LogP contribution is -2.39. The average Bonchev–Trinajstić information content (AvgIpc) is 2.66. The van der Waals surface area contributed by atoms with Crippen molar-refractivity contribution < 1.29 is 24.0 Å². The van der Waals surface area contributed by atoms with E-state index in [9.17, 15) is 4.39 Å². The van der Waals surface area contributed by atoms with Gasteiger partial charge in [-0.25, -0.2) is 4.39 Å². The maximum absolute atomic E-state index is 13.9. The molecule has 156 valence electrons. The van der Waals surface area contributed by atoms with Crippen LogP contribution in [0.2, 0.25) is 6.32 Å². The number of unbranched alkanes of at least 4 members (excludes halogenated alkanes) is 1. The topological polar surface area (TPSA) is 101 Å². The number of aryl methyl sites for hydroxylation is 1. The first-order valence-electron chi connectivity index (χ1n) is 10.2. The van der Waals surface area contributed by atoms with E-state index in [1.165, 1.54) is 18.4 Å². The van der Waals surface area contributed by atoms with Crippen molar-refractivity contribution in [3.8, 4) is 0 Å². The Hall–Kier alpha value is -2.05. The largest absolute Gasteiger partial charge is 0.451 e. The third kappa shape index (κ3) is 7.05. The molecule has 0 bridgehead atoms. The molecule has 0 heterocycles. The molecule has 2 aromatic rings. The monoisotopic (exact) mass is 401 g/mol. The van der Waals surface area contributed by atoms with Crippen molar-refractivity contribution in [1.29, 1.82) is 0 Å². The second-order valence-corrected chi connectivity index (χ2v) is 7.90. The first kappa shape index (κ1) is 23.2. The highest BCUT2D eigenvalue weighted by molar-refractivity contribution is 6.40. The SMILES string of the molecule is NC(CCCCB(O)O)C1CC(CCc2ccc(F)c3ccccc23)C1.O=C=O. The summed E-state index contributed by atoms with van der Waals surface area (Å²) in [6, 6.07) is 11.5. The molecule has 3 rings (SSSR count). The van der Waals surface area contributed by atoms with Crippen LogP contribution in [0.25, 0.3) is 10.8 Å². The van der Waals surface area contributed by atoms with E-state index in [-0.39, 0.29) is 18.0 Å². The number of hydrogen-bond acceptors (Lipinski definition) is 5. The number of fused-ring (bicyclic) bond motifs is 1. The van der Waals surface area contributed by atoms with Gasteiger partial charge in [-0.15, -0.1) is 0 Å². The van der Waals surface area contributed by atoms with Gasteiger partial charge in [0.2, 0.25) is 0 Å². The lowest BCUT2D eigenvalue weighted by atomic mass is 9.68. The maximum Gasteiger partial charge on any atom is 0.451 e. The fourth-order valence-corrected chi connectivity index (χ4v) is 4.22. The van der Waals surface area contributed by atoms with E-state index >= 15 is 0 Å². The quantitative estimate of drug-likeness (QED) is 0.442. The van der Waals surface area contributed by atoms with Crippen LogP contribution in [0.3, 0.4) is 0 Å². The molecule has 1 unspecified atom stereocenters. The van der Waals surface area contributed by atoms with E-state index in [0.717, 1.165) is 37.5 Å². The third-order valence-electron chi connectivity index (χ3n) is 5.91. The summed E-state index contributed by atoms with van der Waals surface area (Å²) in [5, 5.41) is 19.5. The average molecular weight is 401 g/mol. The zero-order valence-corrected chi connectivity index (χ0v) is 16.6. The number of rotatable bonds is 9. The summed E-state index contributed by atoms with van der Waals surface area (Å²) in [5.41, 5.74) is 7.52. The van der Waals surface area contributed by atoms with Gasteiger partial charge in [0.25, 0.3) is 0 Å². The minimum absolute atomic E-state index is 0.146. The summed E-state index contributed by atoms with van der Waals surface area (Å²) >= 11 is 0. The summed E-state index contributed by atoms with van der Waals surface area (Å²) in [4.78, 5) is 16.2. The molecule has 0 aliphatic heterocycles. The van der Waals surface area contributed by atoms with Gasteiger partial charge in [-0.3, -0.25) is 0 Å². The van der Waals surface area contributed by atoms with Crippen LogP contribution in [0, 0.1) is 17.7 Å². The Morgan fingerprint density at radius 2 is 1.76 bits per heavy atom. The second kappa shape index (κ2) is 11.8. The predicted octanol–water partition coefficient (Wildman–Crippen LogP) is 3.32. The van der Waals surface area contributed by atoms with Gasteiger partial charge < -0.3 is 15.8 Å². The van der Waals surface area contributed by atoms with Crippen LogP contribution in [0.1, 0.15) is 44.1 Å². The van der Waals surface area contributed by atoms with Crippen LogP contribution < -0.4 is 5.73 Å². The lowest BCUT2D eigenvalue weighted by molar-refractivity contribution is -0.191. The summed E-state index contributed by atoms with van der Waals surface area (Å²) in [6.45, 7) is 0. The molecule has 1 fully saturated rings. The molecule has 5 nitrogen and oxygen atoms in total. The fraction of sp³-hybridized carbons (Fsp3) is 0.500. The van der Waals surface area contributed by atoms with E-state index in [1.807, 2.05) is 30.3 Å². The van der Waals surface area contributed by atoms with Crippen molar-refractivity contribution in [3.63, 3.8) is 0 Å². The Balaban J connectivity index is 0.000000941. The second-order valence-electron chi connectivity index (χ2n) is 7.90. The number of benzene rings is 2. The molecule has 0 saturated heterocycles. The maximum atomic E-state index is 13.9. The number of hydrogen-bond donors (Lipinski definition) is 3. The van der Waals surface area contributed by atoms with Gasteiger partial charge >= 0.3 is 13.3 Å². The Morgan fingerprint density at radius 3 is 2.41 bits per heavy atom. The summed E-state index contributed by atoms with van der Waals surface area (Å²) in [7, 11) is -1.19. The molecule has 1 aliphatic carbocycles. The first-order chi connectivity index (χ1) is 14.0. The summed E-state index contributed by atoms with van der Waals surface area (Å²) < 4.78 is 13.9. The Kier molecular flexibility index (Phi) is 9.48. The van der Waals surface area contributed by atoms with Gasteiger partial charge in [-0.05, 0) is 67.3 Å². The van der Waals surface area contributed by atoms with Crippen molar-refractivity contribution >= 4 is 24.0 Å². The number of carbonyl (C=O) groups excluding carboxylic acids is 2. The minimum atomic E-state index is -1.19. The zero-order chi connectivity index (χ0) is 21.2. The Morgan fingerprint density at radius 1 is 1.10 bits per heavy atom. The highest BCUT2D eigenvalue weighted by atomic mass is 19.1. The van der Waals surface area contributed by atoms with Crippen LogP contribution in [0.4, 0.5) is 4.39 Å². The smallest absolute Gasteiger partial charge is 0.427 e. The van der Waals surface area contributed by atoms with Crippen molar-refractivity contribution in [2.24, 2.45) is 17.6 Å². The molecule has 0 aromatic heterocycles. The van der Waals surface area contributed by atoms with Gasteiger partial charge in [-0.2, -0.15) is 9.59 Å². The number of nitrogens with two attached hydrogens (primary N) is 1. The van der Waals surface area contributed by atoms with E-state index in [0.29, 0.717) is 23.5 Å². The molecule has 2 aromatic carbocycles. The van der Waals surface area contributed by atoms with Crippen LogP contribution in [0.15, 0.2) is 36.4 Å². The molecule has 0 spiro atoms. The van der Waals surface area contributed by atoms with Crippen LogP contribution >= 0.6 is 0 Å². The highest BCUT2D eigenvalue weighted by Gasteiger charge is 2.32. The van der Waals surface area contributed by atoms with Gasteiger partial charge in [0.1, 0.15) is 5.82 Å². The van der Waals surface area contributed by atoms with E-state index in [1.54, 1.807) is 6.07 Å². The summed E-state index contributed by atoms with van der Waals surface area (Å²) in [5.74, 6) is 1.17. The number of halogens is 1.